The fourth-order valence-electron chi connectivity index (χ4n) is 3.30. The highest BCUT2D eigenvalue weighted by atomic mass is 16.6. The zero-order chi connectivity index (χ0) is 19.5. The number of Topliss-reactive ketones (excluding diaryl/α,β-unsaturated/α-hetero) is 1. The monoisotopic (exact) mass is 372 g/mol. The summed E-state index contributed by atoms with van der Waals surface area (Å²) in [6.45, 7) is 1.80. The molecule has 4 rings (SSSR count). The van der Waals surface area contributed by atoms with Gasteiger partial charge in [-0.3, -0.25) is 4.79 Å². The Bertz CT molecular complexity index is 1020. The third kappa shape index (κ3) is 3.55. The van der Waals surface area contributed by atoms with Crippen LogP contribution in [0.1, 0.15) is 27.0 Å². The molecule has 4 heteroatoms. The highest BCUT2D eigenvalue weighted by Crippen LogP contribution is 2.41. The molecule has 1 unspecified atom stereocenters. The molecule has 140 valence electrons. The number of aliphatic hydroxyl groups excluding tert-OH is 1. The first kappa shape index (κ1) is 18.0. The molecule has 0 aliphatic carbocycles. The highest BCUT2D eigenvalue weighted by molar-refractivity contribution is 5.97. The van der Waals surface area contributed by atoms with Gasteiger partial charge in [-0.1, -0.05) is 60.7 Å². The summed E-state index contributed by atoms with van der Waals surface area (Å²) in [5, 5.41) is 10.2. The van der Waals surface area contributed by atoms with Gasteiger partial charge in [0, 0.05) is 16.7 Å². The third-order valence-corrected chi connectivity index (χ3v) is 4.73. The summed E-state index contributed by atoms with van der Waals surface area (Å²) in [4.78, 5) is 12.3. The van der Waals surface area contributed by atoms with Crippen molar-refractivity contribution in [2.24, 2.45) is 0 Å². The van der Waals surface area contributed by atoms with E-state index in [2.05, 4.69) is 0 Å². The molecule has 0 radical (unpaired) electrons. The summed E-state index contributed by atoms with van der Waals surface area (Å²) in [6, 6.07) is 22.6. The summed E-state index contributed by atoms with van der Waals surface area (Å²) in [5.41, 5.74) is 4.15. The predicted molar refractivity (Wildman–Crippen MR) is 108 cm³/mol. The van der Waals surface area contributed by atoms with Crippen molar-refractivity contribution in [3.63, 3.8) is 0 Å². The van der Waals surface area contributed by atoms with Gasteiger partial charge in [-0.05, 0) is 36.3 Å². The molecule has 1 N–H and O–H groups in total. The molecule has 3 aromatic carbocycles. The zero-order valence-corrected chi connectivity index (χ0v) is 15.5. The van der Waals surface area contributed by atoms with Crippen molar-refractivity contribution >= 4 is 11.4 Å². The number of ether oxygens (including phenoxy) is 2. The SMILES string of the molecule is Cc1c(OCC(=O)c2ccccc2)ccc2c1OC(O)C=C2c1ccccc1. The molecule has 3 aromatic rings. The second-order valence-electron chi connectivity index (χ2n) is 6.60. The minimum Gasteiger partial charge on any atom is -0.485 e. The van der Waals surface area contributed by atoms with Crippen molar-refractivity contribution in [3.8, 4) is 11.5 Å². The molecule has 0 bridgehead atoms. The van der Waals surface area contributed by atoms with E-state index in [1.807, 2.05) is 67.6 Å². The number of carbonyl (C=O) groups excluding carboxylic acids is 1. The Morgan fingerprint density at radius 1 is 1.00 bits per heavy atom. The number of rotatable bonds is 5. The first-order valence-electron chi connectivity index (χ1n) is 9.10. The Balaban J connectivity index is 1.61. The molecule has 1 aliphatic rings. The fraction of sp³-hybridized carbons (Fsp3) is 0.125. The van der Waals surface area contributed by atoms with Crippen molar-refractivity contribution in [2.75, 3.05) is 6.61 Å². The molecule has 4 nitrogen and oxygen atoms in total. The van der Waals surface area contributed by atoms with E-state index in [4.69, 9.17) is 9.47 Å². The molecule has 1 aliphatic heterocycles. The van der Waals surface area contributed by atoms with Gasteiger partial charge in [0.15, 0.2) is 12.4 Å². The normalized spacial score (nSPS) is 15.2. The van der Waals surface area contributed by atoms with Crippen LogP contribution >= 0.6 is 0 Å². The number of hydrogen-bond donors (Lipinski definition) is 1. The molecule has 0 fully saturated rings. The molecule has 0 spiro atoms. The summed E-state index contributed by atoms with van der Waals surface area (Å²) >= 11 is 0. The summed E-state index contributed by atoms with van der Waals surface area (Å²) in [7, 11) is 0. The van der Waals surface area contributed by atoms with Crippen molar-refractivity contribution < 1.29 is 19.4 Å². The summed E-state index contributed by atoms with van der Waals surface area (Å²) in [6.07, 6.45) is 0.652. The molecule has 0 saturated carbocycles. The van der Waals surface area contributed by atoms with E-state index in [-0.39, 0.29) is 12.4 Å². The maximum Gasteiger partial charge on any atom is 0.218 e. The Hall–Kier alpha value is -3.37. The van der Waals surface area contributed by atoms with Crippen LogP contribution in [-0.2, 0) is 0 Å². The quantitative estimate of drug-likeness (QED) is 0.675. The number of aliphatic hydroxyl groups is 1. The Kier molecular flexibility index (Phi) is 4.96. The van der Waals surface area contributed by atoms with Crippen molar-refractivity contribution in [2.45, 2.75) is 13.2 Å². The van der Waals surface area contributed by atoms with E-state index < -0.39 is 6.29 Å². The van der Waals surface area contributed by atoms with Crippen LogP contribution in [0.3, 0.4) is 0 Å². The Morgan fingerprint density at radius 3 is 2.39 bits per heavy atom. The van der Waals surface area contributed by atoms with E-state index in [9.17, 15) is 9.90 Å². The molecular weight excluding hydrogens is 352 g/mol. The first-order chi connectivity index (χ1) is 13.6. The maximum atomic E-state index is 12.3. The van der Waals surface area contributed by atoms with Crippen LogP contribution < -0.4 is 9.47 Å². The second-order valence-corrected chi connectivity index (χ2v) is 6.60. The van der Waals surface area contributed by atoms with Crippen LogP contribution in [0.5, 0.6) is 11.5 Å². The summed E-state index contributed by atoms with van der Waals surface area (Å²) in [5.74, 6) is 1.03. The molecule has 0 saturated heterocycles. The topological polar surface area (TPSA) is 55.8 Å². The Labute approximate surface area is 163 Å². The van der Waals surface area contributed by atoms with E-state index in [0.29, 0.717) is 17.1 Å². The van der Waals surface area contributed by atoms with Crippen LogP contribution in [0.4, 0.5) is 0 Å². The van der Waals surface area contributed by atoms with Crippen LogP contribution in [0.15, 0.2) is 78.9 Å². The lowest BCUT2D eigenvalue weighted by atomic mass is 9.93. The third-order valence-electron chi connectivity index (χ3n) is 4.73. The molecular formula is C24H20O4. The average Bonchev–Trinajstić information content (AvgIpc) is 2.74. The standard InChI is InChI=1S/C24H20O4/c1-16-22(27-15-21(25)18-10-6-3-7-11-18)13-12-19-20(14-23(26)28-24(16)19)17-8-4-2-5-9-17/h2-14,23,26H,15H2,1H3. The molecule has 0 aromatic heterocycles. The minimum atomic E-state index is -1.04. The van der Waals surface area contributed by atoms with Crippen LogP contribution in [0, 0.1) is 6.92 Å². The van der Waals surface area contributed by atoms with Crippen molar-refractivity contribution in [1.82, 2.24) is 0 Å². The van der Waals surface area contributed by atoms with Gasteiger partial charge in [0.25, 0.3) is 0 Å². The average molecular weight is 372 g/mol. The van der Waals surface area contributed by atoms with Gasteiger partial charge in [0.2, 0.25) is 6.29 Å². The van der Waals surface area contributed by atoms with Crippen LogP contribution in [0.2, 0.25) is 0 Å². The van der Waals surface area contributed by atoms with Crippen LogP contribution in [0.25, 0.3) is 5.57 Å². The van der Waals surface area contributed by atoms with E-state index in [1.54, 1.807) is 18.2 Å². The smallest absolute Gasteiger partial charge is 0.218 e. The number of carbonyl (C=O) groups is 1. The number of ketones is 1. The van der Waals surface area contributed by atoms with Gasteiger partial charge in [0.1, 0.15) is 11.5 Å². The van der Waals surface area contributed by atoms with Gasteiger partial charge in [0.05, 0.1) is 0 Å². The molecule has 1 heterocycles. The van der Waals surface area contributed by atoms with Gasteiger partial charge < -0.3 is 14.6 Å². The lowest BCUT2D eigenvalue weighted by molar-refractivity contribution is 0.0218. The Morgan fingerprint density at radius 2 is 1.68 bits per heavy atom. The lowest BCUT2D eigenvalue weighted by Gasteiger charge is -2.25. The van der Waals surface area contributed by atoms with Gasteiger partial charge in [-0.25, -0.2) is 0 Å². The molecule has 28 heavy (non-hydrogen) atoms. The van der Waals surface area contributed by atoms with Gasteiger partial charge in [-0.15, -0.1) is 0 Å². The van der Waals surface area contributed by atoms with Crippen LogP contribution in [-0.4, -0.2) is 23.8 Å². The highest BCUT2D eigenvalue weighted by Gasteiger charge is 2.24. The number of fused-ring (bicyclic) bond motifs is 1. The van der Waals surface area contributed by atoms with Crippen molar-refractivity contribution in [3.05, 3.63) is 101 Å². The van der Waals surface area contributed by atoms with E-state index >= 15 is 0 Å². The molecule has 1 atom stereocenters. The predicted octanol–water partition coefficient (Wildman–Crippen LogP) is 4.40. The zero-order valence-electron chi connectivity index (χ0n) is 15.5. The maximum absolute atomic E-state index is 12.3. The number of benzene rings is 3. The largest absolute Gasteiger partial charge is 0.485 e. The first-order valence-corrected chi connectivity index (χ1v) is 9.10. The lowest BCUT2D eigenvalue weighted by Crippen LogP contribution is -2.19. The fourth-order valence-corrected chi connectivity index (χ4v) is 3.30. The molecule has 0 amide bonds. The van der Waals surface area contributed by atoms with Gasteiger partial charge in [-0.2, -0.15) is 0 Å². The second kappa shape index (κ2) is 7.71. The summed E-state index contributed by atoms with van der Waals surface area (Å²) < 4.78 is 11.4. The van der Waals surface area contributed by atoms with E-state index in [0.717, 1.165) is 22.3 Å². The number of hydrogen-bond acceptors (Lipinski definition) is 4. The van der Waals surface area contributed by atoms with E-state index in [1.165, 1.54) is 0 Å². The minimum absolute atomic E-state index is 0.0619. The van der Waals surface area contributed by atoms with Crippen molar-refractivity contribution in [1.29, 1.82) is 0 Å². The van der Waals surface area contributed by atoms with Gasteiger partial charge >= 0.3 is 0 Å².